The van der Waals surface area contributed by atoms with Gasteiger partial charge in [0.2, 0.25) is 0 Å². The number of hydrogen-bond acceptors (Lipinski definition) is 2. The minimum atomic E-state index is -4.13. The molecule has 1 rings (SSSR count). The molecule has 0 saturated carbocycles. The molecule has 1 aliphatic heterocycles. The number of rotatable bonds is 3. The molecule has 0 aromatic rings. The molecule has 2 unspecified atom stereocenters. The first-order valence-electron chi connectivity index (χ1n) is 4.98. The van der Waals surface area contributed by atoms with E-state index in [0.29, 0.717) is 5.25 Å². The van der Waals surface area contributed by atoms with E-state index in [1.807, 2.05) is 16.7 Å². The minimum Gasteiger partial charge on any atom is -0.300 e. The molecule has 2 atom stereocenters. The highest BCUT2D eigenvalue weighted by Gasteiger charge is 2.39. The first-order valence-corrected chi connectivity index (χ1v) is 6.94. The van der Waals surface area contributed by atoms with Crippen LogP contribution in [0.4, 0.5) is 13.2 Å². The van der Waals surface area contributed by atoms with Crippen LogP contribution in [-0.4, -0.2) is 46.5 Å². The van der Waals surface area contributed by atoms with Crippen LogP contribution in [0.25, 0.3) is 0 Å². The molecule has 0 N–H and O–H groups in total. The first kappa shape index (κ1) is 13.6. The number of alkyl halides is 4. The van der Waals surface area contributed by atoms with Gasteiger partial charge in [0, 0.05) is 30.6 Å². The van der Waals surface area contributed by atoms with E-state index in [2.05, 4.69) is 22.9 Å². The predicted octanol–water partition coefficient (Wildman–Crippen LogP) is 3.14. The van der Waals surface area contributed by atoms with Crippen molar-refractivity contribution >= 4 is 27.7 Å². The molecule has 1 aliphatic rings. The highest BCUT2D eigenvalue weighted by Crippen LogP contribution is 2.29. The summed E-state index contributed by atoms with van der Waals surface area (Å²) in [7, 11) is 0. The Kier molecular flexibility index (Phi) is 5.25. The third-order valence-corrected chi connectivity index (χ3v) is 4.63. The van der Waals surface area contributed by atoms with Crippen LogP contribution in [-0.2, 0) is 0 Å². The van der Waals surface area contributed by atoms with Gasteiger partial charge in [-0.05, 0) is 6.42 Å². The van der Waals surface area contributed by atoms with Crippen LogP contribution in [0.5, 0.6) is 0 Å². The van der Waals surface area contributed by atoms with Crippen LogP contribution in [0.3, 0.4) is 0 Å². The SMILES string of the molecule is CCC1CN(CC(Br)C(F)(F)F)CCS1. The van der Waals surface area contributed by atoms with Gasteiger partial charge in [0.05, 0.1) is 0 Å². The molecule has 90 valence electrons. The summed E-state index contributed by atoms with van der Waals surface area (Å²) in [6, 6.07) is 0. The lowest BCUT2D eigenvalue weighted by Gasteiger charge is -2.33. The molecule has 15 heavy (non-hydrogen) atoms. The summed E-state index contributed by atoms with van der Waals surface area (Å²) in [5.41, 5.74) is 0. The van der Waals surface area contributed by atoms with Gasteiger partial charge in [-0.15, -0.1) is 0 Å². The Hall–Kier alpha value is 0.580. The summed E-state index contributed by atoms with van der Waals surface area (Å²) in [6.07, 6.45) is -3.10. The third-order valence-electron chi connectivity index (χ3n) is 2.45. The van der Waals surface area contributed by atoms with E-state index >= 15 is 0 Å². The fourth-order valence-electron chi connectivity index (χ4n) is 1.52. The van der Waals surface area contributed by atoms with Crippen LogP contribution in [0.1, 0.15) is 13.3 Å². The summed E-state index contributed by atoms with van der Waals surface area (Å²) in [4.78, 5) is 0.503. The number of nitrogens with zero attached hydrogens (tertiary/aromatic N) is 1. The fraction of sp³-hybridized carbons (Fsp3) is 1.00. The van der Waals surface area contributed by atoms with Crippen molar-refractivity contribution in [2.24, 2.45) is 0 Å². The van der Waals surface area contributed by atoms with Crippen LogP contribution in [0.2, 0.25) is 0 Å². The van der Waals surface area contributed by atoms with Crippen molar-refractivity contribution < 1.29 is 13.2 Å². The quantitative estimate of drug-likeness (QED) is 0.737. The van der Waals surface area contributed by atoms with E-state index in [1.165, 1.54) is 0 Å². The van der Waals surface area contributed by atoms with Crippen molar-refractivity contribution in [3.63, 3.8) is 0 Å². The molecule has 1 nitrogen and oxygen atoms in total. The second-order valence-corrected chi connectivity index (χ2v) is 6.18. The molecule has 0 spiro atoms. The van der Waals surface area contributed by atoms with E-state index in [1.54, 1.807) is 0 Å². The molecule has 1 saturated heterocycles. The second kappa shape index (κ2) is 5.77. The molecule has 0 aromatic carbocycles. The Morgan fingerprint density at radius 3 is 2.73 bits per heavy atom. The summed E-state index contributed by atoms with van der Waals surface area (Å²) < 4.78 is 36.9. The average Bonchev–Trinajstić information content (AvgIpc) is 2.16. The Morgan fingerprint density at radius 2 is 2.20 bits per heavy atom. The topological polar surface area (TPSA) is 3.24 Å². The van der Waals surface area contributed by atoms with Crippen molar-refractivity contribution in [3.05, 3.63) is 0 Å². The summed E-state index contributed by atoms with van der Waals surface area (Å²) in [6.45, 7) is 3.69. The lowest BCUT2D eigenvalue weighted by atomic mass is 10.2. The van der Waals surface area contributed by atoms with Crippen LogP contribution in [0, 0.1) is 0 Å². The van der Waals surface area contributed by atoms with E-state index in [9.17, 15) is 13.2 Å². The zero-order valence-electron chi connectivity index (χ0n) is 8.56. The van der Waals surface area contributed by atoms with Crippen molar-refractivity contribution in [2.75, 3.05) is 25.4 Å². The van der Waals surface area contributed by atoms with Crippen molar-refractivity contribution in [1.82, 2.24) is 4.90 Å². The zero-order chi connectivity index (χ0) is 11.5. The number of halogens is 4. The molecule has 0 bridgehead atoms. The number of hydrogen-bond donors (Lipinski definition) is 0. The standard InChI is InChI=1S/C9H15BrF3NS/c1-2-7-5-14(3-4-15-7)6-8(10)9(11,12)13/h7-8H,2-6H2,1H3. The largest absolute Gasteiger partial charge is 0.402 e. The van der Waals surface area contributed by atoms with Gasteiger partial charge in [-0.1, -0.05) is 22.9 Å². The Morgan fingerprint density at radius 1 is 1.53 bits per heavy atom. The predicted molar refractivity (Wildman–Crippen MR) is 61.7 cm³/mol. The number of thioether (sulfide) groups is 1. The highest BCUT2D eigenvalue weighted by atomic mass is 79.9. The highest BCUT2D eigenvalue weighted by molar-refractivity contribution is 9.09. The van der Waals surface area contributed by atoms with Crippen molar-refractivity contribution in [2.45, 2.75) is 29.6 Å². The molecule has 1 heterocycles. The van der Waals surface area contributed by atoms with Crippen LogP contribution < -0.4 is 0 Å². The second-order valence-electron chi connectivity index (χ2n) is 3.67. The minimum absolute atomic E-state index is 0.0700. The van der Waals surface area contributed by atoms with Crippen molar-refractivity contribution in [3.8, 4) is 0 Å². The molecule has 1 fully saturated rings. The first-order chi connectivity index (χ1) is 6.93. The van der Waals surface area contributed by atoms with E-state index in [-0.39, 0.29) is 6.54 Å². The monoisotopic (exact) mass is 305 g/mol. The maximum Gasteiger partial charge on any atom is 0.402 e. The Balaban J connectivity index is 2.38. The normalized spacial score (nSPS) is 26.6. The van der Waals surface area contributed by atoms with Gasteiger partial charge >= 0.3 is 6.18 Å². The molecular formula is C9H15BrF3NS. The summed E-state index contributed by atoms with van der Waals surface area (Å²) >= 11 is 4.57. The maximum atomic E-state index is 12.3. The van der Waals surface area contributed by atoms with Gasteiger partial charge in [-0.3, -0.25) is 4.90 Å². The molecule has 0 amide bonds. The van der Waals surface area contributed by atoms with Gasteiger partial charge in [-0.25, -0.2) is 0 Å². The van der Waals surface area contributed by atoms with E-state index in [0.717, 1.165) is 25.3 Å². The van der Waals surface area contributed by atoms with Gasteiger partial charge in [0.15, 0.2) is 0 Å². The van der Waals surface area contributed by atoms with Gasteiger partial charge < -0.3 is 0 Å². The van der Waals surface area contributed by atoms with Gasteiger partial charge in [0.25, 0.3) is 0 Å². The molecule has 6 heteroatoms. The summed E-state index contributed by atoms with van der Waals surface area (Å²) in [5, 5.41) is 0.492. The van der Waals surface area contributed by atoms with Crippen LogP contribution >= 0.6 is 27.7 Å². The fourth-order valence-corrected chi connectivity index (χ4v) is 3.18. The average molecular weight is 306 g/mol. The Bertz CT molecular complexity index is 200. The van der Waals surface area contributed by atoms with E-state index in [4.69, 9.17) is 0 Å². The van der Waals surface area contributed by atoms with Crippen molar-refractivity contribution in [1.29, 1.82) is 0 Å². The Labute approximate surface area is 101 Å². The van der Waals surface area contributed by atoms with Gasteiger partial charge in [0.1, 0.15) is 4.83 Å². The third kappa shape index (κ3) is 4.53. The van der Waals surface area contributed by atoms with E-state index < -0.39 is 11.0 Å². The van der Waals surface area contributed by atoms with Crippen LogP contribution in [0.15, 0.2) is 0 Å². The molecule has 0 aromatic heterocycles. The van der Waals surface area contributed by atoms with Gasteiger partial charge in [-0.2, -0.15) is 24.9 Å². The molecule has 0 radical (unpaired) electrons. The molecule has 0 aliphatic carbocycles. The molecular weight excluding hydrogens is 291 g/mol. The lowest BCUT2D eigenvalue weighted by Crippen LogP contribution is -2.44. The lowest BCUT2D eigenvalue weighted by molar-refractivity contribution is -0.130. The summed E-state index contributed by atoms with van der Waals surface area (Å²) in [5.74, 6) is 0.941. The zero-order valence-corrected chi connectivity index (χ0v) is 11.0. The smallest absolute Gasteiger partial charge is 0.300 e. The maximum absolute atomic E-state index is 12.3.